The van der Waals surface area contributed by atoms with Crippen molar-refractivity contribution in [2.45, 2.75) is 18.9 Å². The number of anilines is 4. The number of hydrazine groups is 1. The molecule has 1 unspecified atom stereocenters. The second kappa shape index (κ2) is 9.57. The number of para-hydroxylation sites is 2. The van der Waals surface area contributed by atoms with Gasteiger partial charge in [0.15, 0.2) is 0 Å². The first-order valence-electron chi connectivity index (χ1n) is 10.9. The third-order valence-corrected chi connectivity index (χ3v) is 5.87. The van der Waals surface area contributed by atoms with E-state index in [1.807, 2.05) is 6.08 Å². The van der Waals surface area contributed by atoms with Crippen LogP contribution in [0.1, 0.15) is 23.3 Å². The monoisotopic (exact) mass is 492 g/mol. The molecule has 5 N–H and O–H groups in total. The van der Waals surface area contributed by atoms with Crippen LogP contribution in [0.2, 0.25) is 5.02 Å². The molecule has 1 amide bonds. The standard InChI is InChI=1S/C23H21ClN8O3/c24-15-8-4-5-9-16(15)26-23-28-19(22(33)25-14-6-2-1-3-7-14)20(32(34)35)21(29-23)27-18-12-17(30-31-18)13-10-11-13/h1-9,12-13,17,30-31H,10-11H2,(H,25,33)(H2,26,27,28,29). The minimum Gasteiger partial charge on any atom is -0.323 e. The predicted molar refractivity (Wildman–Crippen MR) is 132 cm³/mol. The molecule has 1 aliphatic carbocycles. The molecule has 35 heavy (non-hydrogen) atoms. The van der Waals surface area contributed by atoms with Crippen LogP contribution in [-0.4, -0.2) is 26.8 Å². The Hall–Kier alpha value is -4.22. The average Bonchev–Trinajstić information content (AvgIpc) is 3.59. The molecule has 1 aromatic heterocycles. The van der Waals surface area contributed by atoms with E-state index in [1.54, 1.807) is 54.6 Å². The number of nitrogens with one attached hydrogen (secondary N) is 5. The van der Waals surface area contributed by atoms with Gasteiger partial charge in [-0.25, -0.2) is 10.4 Å². The summed E-state index contributed by atoms with van der Waals surface area (Å²) in [6.45, 7) is 0. The highest BCUT2D eigenvalue weighted by Gasteiger charge is 2.34. The lowest BCUT2D eigenvalue weighted by Crippen LogP contribution is -2.34. The highest BCUT2D eigenvalue weighted by Crippen LogP contribution is 2.35. The first kappa shape index (κ1) is 22.6. The van der Waals surface area contributed by atoms with Crippen molar-refractivity contribution in [2.24, 2.45) is 5.92 Å². The SMILES string of the molecule is O=C(Nc1ccccc1)c1nc(Nc2ccccc2Cl)nc(NC2=CC(C3CC3)NN2)c1[N+](=O)[O-]. The van der Waals surface area contributed by atoms with E-state index < -0.39 is 22.2 Å². The summed E-state index contributed by atoms with van der Waals surface area (Å²) in [6.07, 6.45) is 4.15. The van der Waals surface area contributed by atoms with Gasteiger partial charge in [-0.15, -0.1) is 0 Å². The van der Waals surface area contributed by atoms with Gasteiger partial charge in [-0.1, -0.05) is 41.9 Å². The fourth-order valence-electron chi connectivity index (χ4n) is 3.66. The van der Waals surface area contributed by atoms with E-state index in [1.165, 1.54) is 0 Å². The molecule has 2 heterocycles. The number of nitro groups is 1. The molecule has 0 spiro atoms. The van der Waals surface area contributed by atoms with E-state index >= 15 is 0 Å². The van der Waals surface area contributed by atoms with Gasteiger partial charge in [-0.05, 0) is 49.1 Å². The summed E-state index contributed by atoms with van der Waals surface area (Å²) in [5, 5.41) is 21.0. The van der Waals surface area contributed by atoms with Crippen molar-refractivity contribution in [1.29, 1.82) is 0 Å². The number of aromatic nitrogens is 2. The fraction of sp³-hybridized carbons (Fsp3) is 0.174. The zero-order valence-corrected chi connectivity index (χ0v) is 19.0. The Labute approximate surface area is 205 Å². The van der Waals surface area contributed by atoms with Crippen molar-refractivity contribution in [2.75, 3.05) is 16.0 Å². The van der Waals surface area contributed by atoms with Crippen LogP contribution in [0.4, 0.5) is 28.8 Å². The molecule has 12 heteroatoms. The summed E-state index contributed by atoms with van der Waals surface area (Å²) in [5.41, 5.74) is 6.12. The van der Waals surface area contributed by atoms with Crippen LogP contribution in [0.5, 0.6) is 0 Å². The fourth-order valence-corrected chi connectivity index (χ4v) is 3.84. The van der Waals surface area contributed by atoms with E-state index in [4.69, 9.17) is 11.6 Å². The Morgan fingerprint density at radius 2 is 1.80 bits per heavy atom. The molecule has 0 bridgehead atoms. The summed E-state index contributed by atoms with van der Waals surface area (Å²) in [7, 11) is 0. The van der Waals surface area contributed by atoms with Crippen molar-refractivity contribution in [1.82, 2.24) is 20.8 Å². The van der Waals surface area contributed by atoms with Gasteiger partial charge >= 0.3 is 5.69 Å². The van der Waals surface area contributed by atoms with E-state index in [-0.39, 0.29) is 17.8 Å². The zero-order chi connectivity index (χ0) is 24.4. The number of benzene rings is 2. The van der Waals surface area contributed by atoms with Crippen LogP contribution in [0, 0.1) is 16.0 Å². The van der Waals surface area contributed by atoms with Crippen LogP contribution in [0.25, 0.3) is 0 Å². The zero-order valence-electron chi connectivity index (χ0n) is 18.3. The summed E-state index contributed by atoms with van der Waals surface area (Å²) < 4.78 is 0. The van der Waals surface area contributed by atoms with Crippen molar-refractivity contribution in [3.8, 4) is 0 Å². The van der Waals surface area contributed by atoms with Gasteiger partial charge < -0.3 is 21.4 Å². The number of hydrogen-bond donors (Lipinski definition) is 5. The largest absolute Gasteiger partial charge is 0.343 e. The summed E-state index contributed by atoms with van der Waals surface area (Å²) >= 11 is 6.25. The highest BCUT2D eigenvalue weighted by atomic mass is 35.5. The van der Waals surface area contributed by atoms with Crippen LogP contribution < -0.4 is 26.8 Å². The molecule has 11 nitrogen and oxygen atoms in total. The summed E-state index contributed by atoms with van der Waals surface area (Å²) in [5.74, 6) is 0.0935. The molecular formula is C23H21ClN8O3. The molecular weight excluding hydrogens is 472 g/mol. The van der Waals surface area contributed by atoms with Gasteiger partial charge in [-0.2, -0.15) is 4.98 Å². The van der Waals surface area contributed by atoms with E-state index in [0.717, 1.165) is 12.8 Å². The van der Waals surface area contributed by atoms with Crippen LogP contribution >= 0.6 is 11.6 Å². The number of halogens is 1. The maximum atomic E-state index is 13.1. The maximum Gasteiger partial charge on any atom is 0.343 e. The number of rotatable bonds is 8. The van der Waals surface area contributed by atoms with Crippen molar-refractivity contribution >= 4 is 46.3 Å². The third-order valence-electron chi connectivity index (χ3n) is 5.54. The van der Waals surface area contributed by atoms with E-state index in [2.05, 4.69) is 36.8 Å². The highest BCUT2D eigenvalue weighted by molar-refractivity contribution is 6.33. The Balaban J connectivity index is 1.54. The Morgan fingerprint density at radius 3 is 2.51 bits per heavy atom. The van der Waals surface area contributed by atoms with Gasteiger partial charge in [0.25, 0.3) is 5.91 Å². The second-order valence-electron chi connectivity index (χ2n) is 8.11. The van der Waals surface area contributed by atoms with Crippen molar-refractivity contribution in [3.63, 3.8) is 0 Å². The number of carbonyl (C=O) groups is 1. The molecule has 1 saturated carbocycles. The lowest BCUT2D eigenvalue weighted by atomic mass is 10.2. The van der Waals surface area contributed by atoms with Crippen LogP contribution in [-0.2, 0) is 0 Å². The Morgan fingerprint density at radius 1 is 1.06 bits per heavy atom. The molecule has 0 saturated heterocycles. The molecule has 2 aliphatic rings. The summed E-state index contributed by atoms with van der Waals surface area (Å²) in [4.78, 5) is 33.0. The maximum absolute atomic E-state index is 13.1. The molecule has 0 radical (unpaired) electrons. The molecule has 2 aromatic carbocycles. The van der Waals surface area contributed by atoms with Gasteiger partial charge in [0.2, 0.25) is 17.5 Å². The lowest BCUT2D eigenvalue weighted by molar-refractivity contribution is -0.384. The van der Waals surface area contributed by atoms with Crippen LogP contribution in [0.15, 0.2) is 66.5 Å². The predicted octanol–water partition coefficient (Wildman–Crippen LogP) is 4.17. The Kier molecular flexibility index (Phi) is 6.17. The first-order chi connectivity index (χ1) is 17.0. The smallest absolute Gasteiger partial charge is 0.323 e. The van der Waals surface area contributed by atoms with Gasteiger partial charge in [0, 0.05) is 5.69 Å². The van der Waals surface area contributed by atoms with Crippen LogP contribution in [0.3, 0.4) is 0 Å². The van der Waals surface area contributed by atoms with E-state index in [9.17, 15) is 14.9 Å². The van der Waals surface area contributed by atoms with Crippen molar-refractivity contribution in [3.05, 3.63) is 87.3 Å². The molecule has 1 aliphatic heterocycles. The number of amides is 1. The number of hydrogen-bond acceptors (Lipinski definition) is 9. The molecule has 1 fully saturated rings. The van der Waals surface area contributed by atoms with Gasteiger partial charge in [-0.3, -0.25) is 14.9 Å². The number of nitrogens with zero attached hydrogens (tertiary/aromatic N) is 3. The molecule has 1 atom stereocenters. The van der Waals surface area contributed by atoms with Crippen molar-refractivity contribution < 1.29 is 9.72 Å². The quantitative estimate of drug-likeness (QED) is 0.231. The lowest BCUT2D eigenvalue weighted by Gasteiger charge is -2.13. The van der Waals surface area contributed by atoms with Gasteiger partial charge in [0.05, 0.1) is 21.7 Å². The Bertz CT molecular complexity index is 1310. The molecule has 5 rings (SSSR count). The van der Waals surface area contributed by atoms with Gasteiger partial charge in [0.1, 0.15) is 5.82 Å². The number of carbonyl (C=O) groups excluding carboxylic acids is 1. The third kappa shape index (κ3) is 5.15. The second-order valence-corrected chi connectivity index (χ2v) is 8.52. The minimum atomic E-state index is -0.752. The average molecular weight is 493 g/mol. The summed E-state index contributed by atoms with van der Waals surface area (Å²) in [6, 6.07) is 15.6. The molecule has 3 aromatic rings. The first-order valence-corrected chi connectivity index (χ1v) is 11.3. The topological polar surface area (TPSA) is 146 Å². The van der Waals surface area contributed by atoms with E-state index in [0.29, 0.717) is 28.1 Å². The normalized spacial score (nSPS) is 16.7. The molecule has 178 valence electrons. The minimum absolute atomic E-state index is 0.0327.